The molecule has 172 valence electrons. The predicted molar refractivity (Wildman–Crippen MR) is 123 cm³/mol. The number of benzene rings is 1. The largest absolute Gasteiger partial charge is 0.333 e. The number of nitrogens with one attached hydrogen (secondary N) is 1. The van der Waals surface area contributed by atoms with Crippen LogP contribution in [0.2, 0.25) is 0 Å². The van der Waals surface area contributed by atoms with Crippen molar-refractivity contribution in [3.05, 3.63) is 50.2 Å². The molecule has 10 nitrogen and oxygen atoms in total. The molecule has 0 saturated heterocycles. The summed E-state index contributed by atoms with van der Waals surface area (Å²) in [5, 5.41) is 2.58. The average molecular weight is 470 g/mol. The van der Waals surface area contributed by atoms with Gasteiger partial charge in [-0.3, -0.25) is 18.7 Å². The molecule has 2 heterocycles. The first-order chi connectivity index (χ1) is 15.5. The summed E-state index contributed by atoms with van der Waals surface area (Å²) in [6.45, 7) is 1.78. The Morgan fingerprint density at radius 3 is 2.52 bits per heavy atom. The molecule has 1 aliphatic carbocycles. The number of aromatic nitrogens is 4. The lowest BCUT2D eigenvalue weighted by molar-refractivity contribution is -0.117. The van der Waals surface area contributed by atoms with E-state index >= 15 is 0 Å². The summed E-state index contributed by atoms with van der Waals surface area (Å²) in [5.74, 6) is 5.94. The SMILES string of the molecule is Cc1cc(C#CCn2c(=O)n(C)c(=O)c3c2nc(S(C)(=O)=O)n3C)cc(NC(=O)C2CC2)c1. The number of rotatable bonds is 4. The van der Waals surface area contributed by atoms with Crippen molar-refractivity contribution in [2.75, 3.05) is 11.6 Å². The van der Waals surface area contributed by atoms with Crippen LogP contribution in [0.5, 0.6) is 0 Å². The Hall–Kier alpha value is -3.65. The highest BCUT2D eigenvalue weighted by atomic mass is 32.2. The zero-order chi connectivity index (χ0) is 24.1. The molecule has 0 atom stereocenters. The molecular weight excluding hydrogens is 446 g/mol. The minimum atomic E-state index is -3.72. The summed E-state index contributed by atoms with van der Waals surface area (Å²) in [7, 11) is -0.991. The summed E-state index contributed by atoms with van der Waals surface area (Å²) < 4.78 is 27.4. The second kappa shape index (κ2) is 8.04. The quantitative estimate of drug-likeness (QED) is 0.556. The van der Waals surface area contributed by atoms with Gasteiger partial charge in [0.25, 0.3) is 5.56 Å². The van der Waals surface area contributed by atoms with Crippen molar-refractivity contribution in [3.8, 4) is 11.8 Å². The van der Waals surface area contributed by atoms with Crippen molar-refractivity contribution in [3.63, 3.8) is 0 Å². The minimum Gasteiger partial charge on any atom is -0.326 e. The third-order valence-corrected chi connectivity index (χ3v) is 6.44. The summed E-state index contributed by atoms with van der Waals surface area (Å²) >= 11 is 0. The molecule has 1 aromatic carbocycles. The lowest BCUT2D eigenvalue weighted by Gasteiger charge is -2.07. The van der Waals surface area contributed by atoms with E-state index in [1.54, 1.807) is 6.07 Å². The second-order valence-electron chi connectivity index (χ2n) is 8.28. The van der Waals surface area contributed by atoms with Crippen LogP contribution in [0.15, 0.2) is 32.9 Å². The van der Waals surface area contributed by atoms with Gasteiger partial charge in [0.2, 0.25) is 20.9 Å². The second-order valence-corrected chi connectivity index (χ2v) is 10.2. The molecule has 1 amide bonds. The van der Waals surface area contributed by atoms with Crippen molar-refractivity contribution in [1.82, 2.24) is 18.7 Å². The third-order valence-electron chi connectivity index (χ3n) is 5.41. The smallest absolute Gasteiger partial charge is 0.326 e. The number of imidazole rings is 1. The Bertz CT molecular complexity index is 1590. The molecule has 11 heteroatoms. The van der Waals surface area contributed by atoms with E-state index in [2.05, 4.69) is 22.1 Å². The molecule has 0 aliphatic heterocycles. The molecule has 33 heavy (non-hydrogen) atoms. The number of hydrogen-bond acceptors (Lipinski definition) is 6. The van der Waals surface area contributed by atoms with Gasteiger partial charge in [-0.2, -0.15) is 4.98 Å². The predicted octanol–water partition coefficient (Wildman–Crippen LogP) is 0.546. The highest BCUT2D eigenvalue weighted by Gasteiger charge is 2.29. The van der Waals surface area contributed by atoms with Gasteiger partial charge in [0.1, 0.15) is 0 Å². The van der Waals surface area contributed by atoms with E-state index in [9.17, 15) is 22.8 Å². The van der Waals surface area contributed by atoms with E-state index in [0.29, 0.717) is 11.3 Å². The summed E-state index contributed by atoms with van der Waals surface area (Å²) in [5.41, 5.74) is 0.882. The lowest BCUT2D eigenvalue weighted by atomic mass is 10.1. The van der Waals surface area contributed by atoms with E-state index in [0.717, 1.165) is 29.2 Å². The summed E-state index contributed by atoms with van der Waals surface area (Å²) in [4.78, 5) is 41.4. The van der Waals surface area contributed by atoms with Crippen molar-refractivity contribution < 1.29 is 13.2 Å². The first-order valence-electron chi connectivity index (χ1n) is 10.2. The normalized spacial score (nSPS) is 13.6. The Kier molecular flexibility index (Phi) is 5.49. The van der Waals surface area contributed by atoms with Crippen LogP contribution in [-0.4, -0.2) is 39.3 Å². The topological polar surface area (TPSA) is 125 Å². The molecular formula is C22H23N5O5S. The van der Waals surface area contributed by atoms with E-state index in [1.165, 1.54) is 23.2 Å². The summed E-state index contributed by atoms with van der Waals surface area (Å²) in [6.07, 6.45) is 2.79. The van der Waals surface area contributed by atoms with Gasteiger partial charge in [0, 0.05) is 37.5 Å². The van der Waals surface area contributed by atoms with Crippen molar-refractivity contribution >= 4 is 32.6 Å². The van der Waals surface area contributed by atoms with Gasteiger partial charge in [-0.05, 0) is 43.5 Å². The van der Waals surface area contributed by atoms with Gasteiger partial charge >= 0.3 is 5.69 Å². The molecule has 3 aromatic rings. The first-order valence-corrected chi connectivity index (χ1v) is 12.1. The number of sulfone groups is 1. The monoisotopic (exact) mass is 469 g/mol. The van der Waals surface area contributed by atoms with Crippen molar-refractivity contribution in [1.29, 1.82) is 0 Å². The van der Waals surface area contributed by atoms with E-state index in [-0.39, 0.29) is 34.7 Å². The number of aryl methyl sites for hydroxylation is 2. The van der Waals surface area contributed by atoms with Crippen LogP contribution < -0.4 is 16.6 Å². The number of amides is 1. The average Bonchev–Trinajstić information content (AvgIpc) is 3.51. The molecule has 0 bridgehead atoms. The Labute approximate surface area is 189 Å². The fourth-order valence-electron chi connectivity index (χ4n) is 3.62. The van der Waals surface area contributed by atoms with Gasteiger partial charge in [-0.1, -0.05) is 11.8 Å². The third kappa shape index (κ3) is 4.34. The number of carbonyl (C=O) groups is 1. The number of fused-ring (bicyclic) bond motifs is 1. The van der Waals surface area contributed by atoms with E-state index < -0.39 is 21.1 Å². The van der Waals surface area contributed by atoms with Crippen LogP contribution >= 0.6 is 0 Å². The first kappa shape index (κ1) is 22.5. The van der Waals surface area contributed by atoms with Crippen LogP contribution in [0.25, 0.3) is 11.2 Å². The van der Waals surface area contributed by atoms with E-state index in [1.807, 2.05) is 19.1 Å². The molecule has 1 saturated carbocycles. The number of hydrogen-bond donors (Lipinski definition) is 1. The molecule has 0 radical (unpaired) electrons. The van der Waals surface area contributed by atoms with Crippen LogP contribution in [-0.2, 0) is 35.3 Å². The molecule has 1 fully saturated rings. The van der Waals surface area contributed by atoms with Gasteiger partial charge in [0.15, 0.2) is 11.2 Å². The van der Waals surface area contributed by atoms with Crippen molar-refractivity contribution in [2.45, 2.75) is 31.5 Å². The number of anilines is 1. The molecule has 1 aliphatic rings. The zero-order valence-corrected chi connectivity index (χ0v) is 19.5. The van der Waals surface area contributed by atoms with E-state index in [4.69, 9.17) is 0 Å². The number of carbonyl (C=O) groups excluding carboxylic acids is 1. The highest BCUT2D eigenvalue weighted by molar-refractivity contribution is 7.90. The molecule has 4 rings (SSSR count). The van der Waals surface area contributed by atoms with Gasteiger partial charge in [-0.25, -0.2) is 13.2 Å². The molecule has 0 spiro atoms. The van der Waals surface area contributed by atoms with Crippen LogP contribution in [0.4, 0.5) is 5.69 Å². The molecule has 1 N–H and O–H groups in total. The molecule has 0 unspecified atom stereocenters. The number of nitrogens with zero attached hydrogens (tertiary/aromatic N) is 4. The maximum atomic E-state index is 12.7. The fraction of sp³-hybridized carbons (Fsp3) is 0.364. The lowest BCUT2D eigenvalue weighted by Crippen LogP contribution is -2.38. The highest BCUT2D eigenvalue weighted by Crippen LogP contribution is 2.30. The van der Waals surface area contributed by atoms with Gasteiger partial charge in [0.05, 0.1) is 6.54 Å². The zero-order valence-electron chi connectivity index (χ0n) is 18.7. The summed E-state index contributed by atoms with van der Waals surface area (Å²) in [6, 6.07) is 5.45. The van der Waals surface area contributed by atoms with Gasteiger partial charge < -0.3 is 9.88 Å². The van der Waals surface area contributed by atoms with Gasteiger partial charge in [-0.15, -0.1) is 0 Å². The van der Waals surface area contributed by atoms with Crippen LogP contribution in [0, 0.1) is 24.7 Å². The standard InChI is InChI=1S/C22H23N5O5S/c1-13-10-14(12-16(11-13)23-19(28)15-7-8-15)6-5-9-27-18-17(20(29)26(3)22(27)30)25(2)21(24-18)33(4,31)32/h10-12,15H,7-9H2,1-4H3,(H,23,28). The Morgan fingerprint density at radius 1 is 1.18 bits per heavy atom. The minimum absolute atomic E-state index is 0.0000415. The fourth-order valence-corrected chi connectivity index (χ4v) is 4.46. The molecule has 2 aromatic heterocycles. The maximum absolute atomic E-state index is 12.7. The Balaban J connectivity index is 1.73. The van der Waals surface area contributed by atoms with Crippen LogP contribution in [0.3, 0.4) is 0 Å². The van der Waals surface area contributed by atoms with Crippen LogP contribution in [0.1, 0.15) is 24.0 Å². The Morgan fingerprint density at radius 2 is 1.88 bits per heavy atom. The van der Waals surface area contributed by atoms with Crippen molar-refractivity contribution in [2.24, 2.45) is 20.0 Å². The maximum Gasteiger partial charge on any atom is 0.333 e.